The van der Waals surface area contributed by atoms with Crippen molar-refractivity contribution in [1.29, 1.82) is 0 Å². The first kappa shape index (κ1) is 16.2. The van der Waals surface area contributed by atoms with Gasteiger partial charge in [0.25, 0.3) is 0 Å². The molecule has 3 N–H and O–H groups in total. The molecule has 3 nitrogen and oxygen atoms in total. The third-order valence-corrected chi connectivity index (χ3v) is 3.18. The standard InChI is InChI=1S/C13H17Cl2FN2O/c14-10-7-9(8-11(15)13(10)16)18-12(19)5-3-1-2-4-6-17/h7-8H,1-6,17H2,(H,18,19). The maximum absolute atomic E-state index is 13.2. The van der Waals surface area contributed by atoms with E-state index in [-0.39, 0.29) is 16.0 Å². The molecule has 0 heterocycles. The maximum Gasteiger partial charge on any atom is 0.224 e. The quantitative estimate of drug-likeness (QED) is 0.591. The fourth-order valence-electron chi connectivity index (χ4n) is 1.63. The number of hydrogen-bond donors (Lipinski definition) is 2. The third kappa shape index (κ3) is 5.76. The van der Waals surface area contributed by atoms with Gasteiger partial charge >= 0.3 is 0 Å². The lowest BCUT2D eigenvalue weighted by molar-refractivity contribution is -0.116. The second-order valence-electron chi connectivity index (χ2n) is 4.25. The molecule has 1 amide bonds. The summed E-state index contributed by atoms with van der Waals surface area (Å²) in [6.07, 6.45) is 4.18. The molecule has 0 aromatic heterocycles. The van der Waals surface area contributed by atoms with Crippen LogP contribution in [0, 0.1) is 5.82 Å². The molecular formula is C13H17Cl2FN2O. The van der Waals surface area contributed by atoms with E-state index in [2.05, 4.69) is 5.32 Å². The van der Waals surface area contributed by atoms with Gasteiger partial charge in [0, 0.05) is 12.1 Å². The van der Waals surface area contributed by atoms with Gasteiger partial charge in [0.2, 0.25) is 5.91 Å². The molecule has 0 unspecified atom stereocenters. The first-order chi connectivity index (χ1) is 9.04. The van der Waals surface area contributed by atoms with Crippen molar-refractivity contribution < 1.29 is 9.18 Å². The summed E-state index contributed by atoms with van der Waals surface area (Å²) in [6.45, 7) is 0.679. The van der Waals surface area contributed by atoms with Gasteiger partial charge < -0.3 is 11.1 Å². The van der Waals surface area contributed by atoms with Crippen LogP contribution >= 0.6 is 23.2 Å². The number of nitrogens with two attached hydrogens (primary N) is 1. The Hall–Kier alpha value is -0.840. The van der Waals surface area contributed by atoms with E-state index < -0.39 is 5.82 Å². The van der Waals surface area contributed by atoms with Crippen LogP contribution in [0.5, 0.6) is 0 Å². The minimum absolute atomic E-state index is 0.106. The van der Waals surface area contributed by atoms with Crippen LogP contribution in [0.15, 0.2) is 12.1 Å². The summed E-state index contributed by atoms with van der Waals surface area (Å²) in [5, 5.41) is 2.43. The number of nitrogens with one attached hydrogen (secondary N) is 1. The summed E-state index contributed by atoms with van der Waals surface area (Å²) in [5.41, 5.74) is 5.78. The largest absolute Gasteiger partial charge is 0.330 e. The van der Waals surface area contributed by atoms with Gasteiger partial charge in [-0.15, -0.1) is 0 Å². The number of benzene rings is 1. The first-order valence-electron chi connectivity index (χ1n) is 6.19. The van der Waals surface area contributed by atoms with Crippen molar-refractivity contribution in [2.45, 2.75) is 32.1 Å². The minimum Gasteiger partial charge on any atom is -0.330 e. The molecule has 0 saturated heterocycles. The fourth-order valence-corrected chi connectivity index (χ4v) is 2.12. The Morgan fingerprint density at radius 3 is 2.32 bits per heavy atom. The Labute approximate surface area is 122 Å². The highest BCUT2D eigenvalue weighted by Gasteiger charge is 2.09. The number of rotatable bonds is 7. The van der Waals surface area contributed by atoms with E-state index in [1.165, 1.54) is 12.1 Å². The lowest BCUT2D eigenvalue weighted by Crippen LogP contribution is -2.11. The molecule has 0 atom stereocenters. The Balaban J connectivity index is 2.40. The van der Waals surface area contributed by atoms with Crippen LogP contribution in [-0.4, -0.2) is 12.5 Å². The van der Waals surface area contributed by atoms with Gasteiger partial charge in [0.1, 0.15) is 0 Å². The molecular weight excluding hydrogens is 290 g/mol. The number of unbranched alkanes of at least 4 members (excludes halogenated alkanes) is 3. The normalized spacial score (nSPS) is 10.5. The summed E-state index contributed by atoms with van der Waals surface area (Å²) in [4.78, 5) is 11.6. The monoisotopic (exact) mass is 306 g/mol. The highest BCUT2D eigenvalue weighted by Crippen LogP contribution is 2.27. The van der Waals surface area contributed by atoms with Crippen molar-refractivity contribution in [3.8, 4) is 0 Å². The van der Waals surface area contributed by atoms with Gasteiger partial charge in [0.05, 0.1) is 10.0 Å². The average Bonchev–Trinajstić information content (AvgIpc) is 2.35. The lowest BCUT2D eigenvalue weighted by Gasteiger charge is -2.07. The summed E-state index contributed by atoms with van der Waals surface area (Å²) in [5.74, 6) is -0.811. The van der Waals surface area contributed by atoms with Crippen LogP contribution in [0.2, 0.25) is 10.0 Å². The first-order valence-corrected chi connectivity index (χ1v) is 6.94. The highest BCUT2D eigenvalue weighted by atomic mass is 35.5. The van der Waals surface area contributed by atoms with E-state index in [1.807, 2.05) is 0 Å². The summed E-state index contributed by atoms with van der Waals surface area (Å²) < 4.78 is 13.2. The Morgan fingerprint density at radius 1 is 1.16 bits per heavy atom. The van der Waals surface area contributed by atoms with Crippen LogP contribution in [0.3, 0.4) is 0 Å². The Kier molecular flexibility index (Phi) is 7.13. The van der Waals surface area contributed by atoms with Crippen molar-refractivity contribution in [2.24, 2.45) is 5.73 Å². The van der Waals surface area contributed by atoms with Gasteiger partial charge in [-0.1, -0.05) is 36.0 Å². The number of halogens is 3. The maximum atomic E-state index is 13.2. The second-order valence-corrected chi connectivity index (χ2v) is 5.07. The summed E-state index contributed by atoms with van der Waals surface area (Å²) >= 11 is 11.3. The minimum atomic E-state index is -0.678. The molecule has 0 aliphatic heterocycles. The zero-order valence-electron chi connectivity index (χ0n) is 10.5. The van der Waals surface area contributed by atoms with Crippen molar-refractivity contribution in [3.05, 3.63) is 28.0 Å². The molecule has 1 aromatic rings. The van der Waals surface area contributed by atoms with E-state index >= 15 is 0 Å². The van der Waals surface area contributed by atoms with Crippen molar-refractivity contribution in [1.82, 2.24) is 0 Å². The number of amides is 1. The third-order valence-electron chi connectivity index (χ3n) is 2.63. The molecule has 0 saturated carbocycles. The molecule has 1 aromatic carbocycles. The predicted molar refractivity (Wildman–Crippen MR) is 77.2 cm³/mol. The molecule has 0 fully saturated rings. The van der Waals surface area contributed by atoms with Crippen molar-refractivity contribution in [2.75, 3.05) is 11.9 Å². The zero-order valence-corrected chi connectivity index (χ0v) is 12.0. The molecule has 6 heteroatoms. The van der Waals surface area contributed by atoms with E-state index in [4.69, 9.17) is 28.9 Å². The Morgan fingerprint density at radius 2 is 1.74 bits per heavy atom. The Bertz CT molecular complexity index is 418. The summed E-state index contributed by atoms with van der Waals surface area (Å²) in [7, 11) is 0. The number of carbonyl (C=O) groups excluding carboxylic acids is 1. The molecule has 1 rings (SSSR count). The number of anilines is 1. The van der Waals surface area contributed by atoms with Crippen molar-refractivity contribution >= 4 is 34.8 Å². The molecule has 0 radical (unpaired) electrons. The predicted octanol–water partition coefficient (Wildman–Crippen LogP) is 3.98. The molecule has 0 aliphatic carbocycles. The van der Waals surface area contributed by atoms with E-state index in [0.29, 0.717) is 18.7 Å². The lowest BCUT2D eigenvalue weighted by atomic mass is 10.1. The smallest absolute Gasteiger partial charge is 0.224 e. The molecule has 19 heavy (non-hydrogen) atoms. The van der Waals surface area contributed by atoms with Gasteiger partial charge in [-0.25, -0.2) is 4.39 Å². The van der Waals surface area contributed by atoms with Gasteiger partial charge in [-0.3, -0.25) is 4.79 Å². The van der Waals surface area contributed by atoms with Gasteiger partial charge in [0.15, 0.2) is 5.82 Å². The van der Waals surface area contributed by atoms with Gasteiger partial charge in [-0.2, -0.15) is 0 Å². The number of hydrogen-bond acceptors (Lipinski definition) is 2. The van der Waals surface area contributed by atoms with E-state index in [9.17, 15) is 9.18 Å². The van der Waals surface area contributed by atoms with E-state index in [1.54, 1.807) is 0 Å². The van der Waals surface area contributed by atoms with Crippen LogP contribution in [0.4, 0.5) is 10.1 Å². The summed E-state index contributed by atoms with van der Waals surface area (Å²) in [6, 6.07) is 2.68. The fraction of sp³-hybridized carbons (Fsp3) is 0.462. The zero-order chi connectivity index (χ0) is 14.3. The molecule has 0 spiro atoms. The van der Waals surface area contributed by atoms with Gasteiger partial charge in [-0.05, 0) is 31.5 Å². The SMILES string of the molecule is NCCCCCCC(=O)Nc1cc(Cl)c(F)c(Cl)c1. The second kappa shape index (κ2) is 8.35. The van der Waals surface area contributed by atoms with Crippen LogP contribution in [0.25, 0.3) is 0 Å². The molecule has 106 valence electrons. The van der Waals surface area contributed by atoms with Crippen LogP contribution in [-0.2, 0) is 4.79 Å². The van der Waals surface area contributed by atoms with E-state index in [0.717, 1.165) is 25.7 Å². The molecule has 0 aliphatic rings. The highest BCUT2D eigenvalue weighted by molar-refractivity contribution is 6.35. The average molecular weight is 307 g/mol. The number of carbonyl (C=O) groups is 1. The van der Waals surface area contributed by atoms with Crippen molar-refractivity contribution in [3.63, 3.8) is 0 Å². The molecule has 0 bridgehead atoms. The van der Waals surface area contributed by atoms with Crippen LogP contribution in [0.1, 0.15) is 32.1 Å². The topological polar surface area (TPSA) is 55.1 Å². The van der Waals surface area contributed by atoms with Crippen LogP contribution < -0.4 is 11.1 Å².